The highest BCUT2D eigenvalue weighted by atomic mass is 16.3. The van der Waals surface area contributed by atoms with Crippen molar-refractivity contribution in [1.82, 2.24) is 0 Å². The van der Waals surface area contributed by atoms with Crippen LogP contribution in [0, 0.1) is 0 Å². The number of phenols is 1. The summed E-state index contributed by atoms with van der Waals surface area (Å²) in [6, 6.07) is 34.2. The first-order chi connectivity index (χ1) is 16.3. The van der Waals surface area contributed by atoms with Crippen molar-refractivity contribution < 1.29 is 10.2 Å². The van der Waals surface area contributed by atoms with Gasteiger partial charge in [0.1, 0.15) is 17.4 Å². The second-order valence-corrected chi connectivity index (χ2v) is 9.58. The molecule has 0 radical (unpaired) electrons. The maximum absolute atomic E-state index is 12.4. The Bertz CT molecular complexity index is 1200. The zero-order chi connectivity index (χ0) is 24.2. The maximum atomic E-state index is 12.4. The molecule has 0 saturated carbocycles. The molecule has 2 N–H and O–H groups in total. The van der Waals surface area contributed by atoms with E-state index in [1.54, 1.807) is 6.21 Å². The minimum Gasteiger partial charge on any atom is -0.507 e. The summed E-state index contributed by atoms with van der Waals surface area (Å²) in [5.74, 6) is 0.216. The Morgan fingerprint density at radius 2 is 1.18 bits per heavy atom. The molecule has 0 heterocycles. The van der Waals surface area contributed by atoms with E-state index in [-0.39, 0.29) is 11.2 Å². The fourth-order valence-electron chi connectivity index (χ4n) is 4.36. The van der Waals surface area contributed by atoms with Crippen molar-refractivity contribution in [2.45, 2.75) is 37.8 Å². The SMILES string of the molecule is CC(C)(C)c1cccc(C=NC(c2ccccc2)C(O)(c2ccccc2)c2ccccc2)c1O. The first-order valence-electron chi connectivity index (χ1n) is 11.6. The number of phenolic OH excluding ortho intramolecular Hbond substituents is 1. The Labute approximate surface area is 202 Å². The molecule has 0 spiro atoms. The molecule has 4 aromatic rings. The molecule has 0 aromatic heterocycles. The van der Waals surface area contributed by atoms with Crippen LogP contribution in [-0.4, -0.2) is 16.4 Å². The van der Waals surface area contributed by atoms with E-state index in [1.807, 2.05) is 109 Å². The number of benzene rings is 4. The van der Waals surface area contributed by atoms with Gasteiger partial charge in [-0.15, -0.1) is 0 Å². The van der Waals surface area contributed by atoms with Gasteiger partial charge in [-0.2, -0.15) is 0 Å². The van der Waals surface area contributed by atoms with E-state index in [4.69, 9.17) is 4.99 Å². The Balaban J connectivity index is 1.90. The van der Waals surface area contributed by atoms with Gasteiger partial charge in [-0.1, -0.05) is 124 Å². The lowest BCUT2D eigenvalue weighted by Gasteiger charge is -2.35. The molecule has 4 aromatic carbocycles. The number of rotatable bonds is 6. The lowest BCUT2D eigenvalue weighted by molar-refractivity contribution is 0.0523. The lowest BCUT2D eigenvalue weighted by Crippen LogP contribution is -2.34. The largest absolute Gasteiger partial charge is 0.507 e. The molecule has 4 rings (SSSR count). The fourth-order valence-corrected chi connectivity index (χ4v) is 4.36. The number of aliphatic hydroxyl groups is 1. The average Bonchev–Trinajstić information content (AvgIpc) is 2.86. The molecule has 0 bridgehead atoms. The van der Waals surface area contributed by atoms with Crippen LogP contribution in [0.3, 0.4) is 0 Å². The topological polar surface area (TPSA) is 52.8 Å². The Kier molecular flexibility index (Phi) is 6.67. The quantitative estimate of drug-likeness (QED) is 0.319. The summed E-state index contributed by atoms with van der Waals surface area (Å²) >= 11 is 0. The van der Waals surface area contributed by atoms with Gasteiger partial charge in [0.25, 0.3) is 0 Å². The second kappa shape index (κ2) is 9.66. The minimum atomic E-state index is -1.42. The first kappa shape index (κ1) is 23.5. The summed E-state index contributed by atoms with van der Waals surface area (Å²) in [5, 5.41) is 23.4. The van der Waals surface area contributed by atoms with Crippen molar-refractivity contribution >= 4 is 6.21 Å². The minimum absolute atomic E-state index is 0.207. The second-order valence-electron chi connectivity index (χ2n) is 9.58. The van der Waals surface area contributed by atoms with E-state index < -0.39 is 11.6 Å². The Hall–Kier alpha value is -3.69. The maximum Gasteiger partial charge on any atom is 0.141 e. The van der Waals surface area contributed by atoms with Crippen molar-refractivity contribution in [3.63, 3.8) is 0 Å². The smallest absolute Gasteiger partial charge is 0.141 e. The number of nitrogens with zero attached hydrogens (tertiary/aromatic N) is 1. The molecule has 34 heavy (non-hydrogen) atoms. The highest BCUT2D eigenvalue weighted by Gasteiger charge is 2.41. The molecule has 172 valence electrons. The molecule has 3 heteroatoms. The predicted molar refractivity (Wildman–Crippen MR) is 139 cm³/mol. The molecule has 0 aliphatic carbocycles. The lowest BCUT2D eigenvalue weighted by atomic mass is 9.77. The summed E-state index contributed by atoms with van der Waals surface area (Å²) in [6.07, 6.45) is 1.68. The van der Waals surface area contributed by atoms with Crippen molar-refractivity contribution in [3.8, 4) is 5.75 Å². The van der Waals surface area contributed by atoms with Gasteiger partial charge in [0.15, 0.2) is 0 Å². The van der Waals surface area contributed by atoms with E-state index in [0.29, 0.717) is 5.56 Å². The molecular weight excluding hydrogens is 418 g/mol. The van der Waals surface area contributed by atoms with Crippen LogP contribution in [0.1, 0.15) is 54.6 Å². The average molecular weight is 450 g/mol. The molecule has 0 aliphatic heterocycles. The Morgan fingerprint density at radius 3 is 1.68 bits per heavy atom. The molecule has 0 aliphatic rings. The number of aliphatic imine (C=N–C) groups is 1. The molecule has 0 saturated heterocycles. The summed E-state index contributed by atoms with van der Waals surface area (Å²) in [7, 11) is 0. The number of aromatic hydroxyl groups is 1. The highest BCUT2D eigenvalue weighted by Crippen LogP contribution is 2.43. The molecule has 1 atom stereocenters. The number of hydrogen-bond donors (Lipinski definition) is 2. The summed E-state index contributed by atoms with van der Waals surface area (Å²) < 4.78 is 0. The van der Waals surface area contributed by atoms with Crippen LogP contribution in [-0.2, 0) is 11.0 Å². The number of hydrogen-bond acceptors (Lipinski definition) is 3. The van der Waals surface area contributed by atoms with E-state index in [0.717, 1.165) is 22.3 Å². The van der Waals surface area contributed by atoms with Gasteiger partial charge in [0, 0.05) is 11.8 Å². The van der Waals surface area contributed by atoms with Gasteiger partial charge in [-0.05, 0) is 33.7 Å². The van der Waals surface area contributed by atoms with E-state index in [1.165, 1.54) is 0 Å². The van der Waals surface area contributed by atoms with Gasteiger partial charge in [-0.25, -0.2) is 0 Å². The fraction of sp³-hybridized carbons (Fsp3) is 0.194. The third kappa shape index (κ3) is 4.66. The third-order valence-electron chi connectivity index (χ3n) is 6.18. The normalized spacial score (nSPS) is 13.2. The van der Waals surface area contributed by atoms with Gasteiger partial charge in [0.2, 0.25) is 0 Å². The van der Waals surface area contributed by atoms with Crippen LogP contribution in [0.4, 0.5) is 0 Å². The third-order valence-corrected chi connectivity index (χ3v) is 6.18. The van der Waals surface area contributed by atoms with Gasteiger partial charge >= 0.3 is 0 Å². The predicted octanol–water partition coefficient (Wildman–Crippen LogP) is 6.79. The van der Waals surface area contributed by atoms with Crippen LogP contribution in [0.2, 0.25) is 0 Å². The summed E-state index contributed by atoms with van der Waals surface area (Å²) in [6.45, 7) is 6.21. The molecule has 1 unspecified atom stereocenters. The highest BCUT2D eigenvalue weighted by molar-refractivity contribution is 5.84. The molecular formula is C31H31NO2. The molecule has 0 fully saturated rings. The molecule has 0 amide bonds. The van der Waals surface area contributed by atoms with Crippen LogP contribution < -0.4 is 0 Å². The van der Waals surface area contributed by atoms with Gasteiger partial charge in [0.05, 0.1) is 0 Å². The first-order valence-corrected chi connectivity index (χ1v) is 11.6. The van der Waals surface area contributed by atoms with Crippen LogP contribution in [0.15, 0.2) is 114 Å². The standard InChI is InChI=1S/C31H31NO2/c1-30(2,3)27-21-13-16-24(28(27)33)22-32-29(23-14-7-4-8-15-23)31(34,25-17-9-5-10-18-25)26-19-11-6-12-20-26/h4-22,29,33-34H,1-3H3. The van der Waals surface area contributed by atoms with Crippen molar-refractivity contribution in [2.75, 3.05) is 0 Å². The number of para-hydroxylation sites is 1. The zero-order valence-corrected chi connectivity index (χ0v) is 19.9. The zero-order valence-electron chi connectivity index (χ0n) is 19.9. The van der Waals surface area contributed by atoms with E-state index >= 15 is 0 Å². The van der Waals surface area contributed by atoms with Crippen LogP contribution in [0.25, 0.3) is 0 Å². The van der Waals surface area contributed by atoms with Crippen LogP contribution in [0.5, 0.6) is 5.75 Å². The van der Waals surface area contributed by atoms with Gasteiger partial charge in [-0.3, -0.25) is 4.99 Å². The molecule has 3 nitrogen and oxygen atoms in total. The van der Waals surface area contributed by atoms with Gasteiger partial charge < -0.3 is 10.2 Å². The van der Waals surface area contributed by atoms with Crippen LogP contribution >= 0.6 is 0 Å². The summed E-state index contributed by atoms with van der Waals surface area (Å²) in [4.78, 5) is 4.94. The van der Waals surface area contributed by atoms with Crippen molar-refractivity contribution in [2.24, 2.45) is 4.99 Å². The van der Waals surface area contributed by atoms with Crippen molar-refractivity contribution in [1.29, 1.82) is 0 Å². The summed E-state index contributed by atoms with van der Waals surface area (Å²) in [5.41, 5.74) is 2.23. The monoisotopic (exact) mass is 449 g/mol. The van der Waals surface area contributed by atoms with Crippen molar-refractivity contribution in [3.05, 3.63) is 137 Å². The Morgan fingerprint density at radius 1 is 0.676 bits per heavy atom. The van der Waals surface area contributed by atoms with E-state index in [9.17, 15) is 10.2 Å². The van der Waals surface area contributed by atoms with E-state index in [2.05, 4.69) is 20.8 Å².